The summed E-state index contributed by atoms with van der Waals surface area (Å²) in [6.45, 7) is 4.42. The summed E-state index contributed by atoms with van der Waals surface area (Å²) in [6, 6.07) is 16.1. The maximum Gasteiger partial charge on any atom is 0.0577 e. The fourth-order valence-corrected chi connectivity index (χ4v) is 3.32. The molecule has 1 atom stereocenters. The van der Waals surface area contributed by atoms with E-state index in [1.54, 1.807) is 0 Å². The molecule has 0 radical (unpaired) electrons. The molecular weight excluding hydrogens is 254 g/mol. The predicted octanol–water partition coefficient (Wildman–Crippen LogP) is 4.88. The molecule has 1 nitrogen and oxygen atoms in total. The van der Waals surface area contributed by atoms with Gasteiger partial charge in [0, 0.05) is 0 Å². The van der Waals surface area contributed by atoms with E-state index in [9.17, 15) is 0 Å². The third-order valence-electron chi connectivity index (χ3n) is 5.07. The Labute approximate surface area is 128 Å². The third-order valence-corrected chi connectivity index (χ3v) is 5.07. The lowest BCUT2D eigenvalue weighted by Crippen LogP contribution is -2.19. The first-order valence-electron chi connectivity index (χ1n) is 8.04. The second-order valence-electron chi connectivity index (χ2n) is 6.31. The highest BCUT2D eigenvalue weighted by Gasteiger charge is 2.21. The van der Waals surface area contributed by atoms with E-state index in [2.05, 4.69) is 68.7 Å². The number of aryl methyl sites for hydroxylation is 1. The normalized spacial score (nSPS) is 16.5. The molecule has 1 aliphatic carbocycles. The first kappa shape index (κ1) is 14.3. The quantitative estimate of drug-likeness (QED) is 0.841. The summed E-state index contributed by atoms with van der Waals surface area (Å²) in [6.07, 6.45) is 4.11. The van der Waals surface area contributed by atoms with Crippen molar-refractivity contribution in [3.05, 3.63) is 70.3 Å². The van der Waals surface area contributed by atoms with Crippen molar-refractivity contribution in [3.8, 4) is 0 Å². The number of hydrogen-bond donors (Lipinski definition) is 1. The predicted molar refractivity (Wildman–Crippen MR) is 89.9 cm³/mol. The van der Waals surface area contributed by atoms with E-state index in [1.807, 2.05) is 0 Å². The van der Waals surface area contributed by atoms with Crippen molar-refractivity contribution in [2.45, 2.75) is 45.1 Å². The van der Waals surface area contributed by atoms with Gasteiger partial charge in [0.25, 0.3) is 0 Å². The molecule has 21 heavy (non-hydrogen) atoms. The summed E-state index contributed by atoms with van der Waals surface area (Å²) in [5.41, 5.74) is 7.05. The highest BCUT2D eigenvalue weighted by Crippen LogP contribution is 2.37. The van der Waals surface area contributed by atoms with Crippen LogP contribution in [0.3, 0.4) is 0 Å². The minimum Gasteiger partial charge on any atom is -0.309 e. The largest absolute Gasteiger partial charge is 0.309 e. The average molecular weight is 279 g/mol. The third kappa shape index (κ3) is 2.75. The Morgan fingerprint density at radius 3 is 2.48 bits per heavy atom. The standard InChI is InChI=1S/C20H25N/c1-14-7-4-12-19(15(14)2)20(21-3)18-11-6-10-17(13-18)16-8-5-9-16/h4,6-7,10-13,16,20-21H,5,8-9H2,1-3H3. The van der Waals surface area contributed by atoms with Crippen molar-refractivity contribution in [3.63, 3.8) is 0 Å². The smallest absolute Gasteiger partial charge is 0.0577 e. The molecule has 1 N–H and O–H groups in total. The summed E-state index contributed by atoms with van der Waals surface area (Å²) in [4.78, 5) is 0. The van der Waals surface area contributed by atoms with Gasteiger partial charge in [-0.1, -0.05) is 48.9 Å². The molecule has 2 aromatic carbocycles. The molecule has 0 heterocycles. The molecule has 1 unspecified atom stereocenters. The molecule has 0 aliphatic heterocycles. The van der Waals surface area contributed by atoms with Crippen LogP contribution in [0.5, 0.6) is 0 Å². The van der Waals surface area contributed by atoms with Crippen LogP contribution in [-0.4, -0.2) is 7.05 Å². The lowest BCUT2D eigenvalue weighted by molar-refractivity contribution is 0.419. The van der Waals surface area contributed by atoms with Gasteiger partial charge in [0.2, 0.25) is 0 Å². The summed E-state index contributed by atoms with van der Waals surface area (Å²) >= 11 is 0. The number of rotatable bonds is 4. The number of nitrogens with one attached hydrogen (secondary N) is 1. The van der Waals surface area contributed by atoms with Gasteiger partial charge in [-0.05, 0) is 67.5 Å². The van der Waals surface area contributed by atoms with E-state index in [4.69, 9.17) is 0 Å². The topological polar surface area (TPSA) is 12.0 Å². The fraction of sp³-hybridized carbons (Fsp3) is 0.400. The summed E-state index contributed by atoms with van der Waals surface area (Å²) in [5, 5.41) is 3.50. The molecule has 1 saturated carbocycles. The van der Waals surface area contributed by atoms with Gasteiger partial charge in [-0.25, -0.2) is 0 Å². The van der Waals surface area contributed by atoms with Crippen molar-refractivity contribution < 1.29 is 0 Å². The van der Waals surface area contributed by atoms with Gasteiger partial charge in [0.15, 0.2) is 0 Å². The molecule has 1 fully saturated rings. The zero-order valence-electron chi connectivity index (χ0n) is 13.3. The second kappa shape index (κ2) is 6.03. The zero-order chi connectivity index (χ0) is 14.8. The molecule has 110 valence electrons. The molecule has 1 heteroatoms. The van der Waals surface area contributed by atoms with E-state index in [-0.39, 0.29) is 6.04 Å². The average Bonchev–Trinajstić information content (AvgIpc) is 2.43. The van der Waals surface area contributed by atoms with E-state index in [1.165, 1.54) is 47.1 Å². The molecule has 0 spiro atoms. The van der Waals surface area contributed by atoms with Crippen molar-refractivity contribution in [2.75, 3.05) is 7.05 Å². The minimum absolute atomic E-state index is 0.282. The van der Waals surface area contributed by atoms with Crippen molar-refractivity contribution in [1.82, 2.24) is 5.32 Å². The second-order valence-corrected chi connectivity index (χ2v) is 6.31. The van der Waals surface area contributed by atoms with Crippen LogP contribution in [0.15, 0.2) is 42.5 Å². The summed E-state index contributed by atoms with van der Waals surface area (Å²) in [7, 11) is 2.06. The monoisotopic (exact) mass is 279 g/mol. The van der Waals surface area contributed by atoms with Crippen LogP contribution in [-0.2, 0) is 0 Å². The van der Waals surface area contributed by atoms with Crippen molar-refractivity contribution in [2.24, 2.45) is 0 Å². The van der Waals surface area contributed by atoms with Crippen LogP contribution in [0.4, 0.5) is 0 Å². The van der Waals surface area contributed by atoms with Crippen LogP contribution in [0.25, 0.3) is 0 Å². The van der Waals surface area contributed by atoms with Gasteiger partial charge in [-0.2, -0.15) is 0 Å². The molecule has 3 rings (SSSR count). The van der Waals surface area contributed by atoms with Crippen LogP contribution >= 0.6 is 0 Å². The van der Waals surface area contributed by atoms with Gasteiger partial charge in [0.05, 0.1) is 6.04 Å². The van der Waals surface area contributed by atoms with Gasteiger partial charge in [0.1, 0.15) is 0 Å². The minimum atomic E-state index is 0.282. The first-order valence-corrected chi connectivity index (χ1v) is 8.04. The lowest BCUT2D eigenvalue weighted by Gasteiger charge is -2.27. The van der Waals surface area contributed by atoms with Crippen LogP contribution < -0.4 is 5.32 Å². The van der Waals surface area contributed by atoms with E-state index in [0.717, 1.165) is 5.92 Å². The Hall–Kier alpha value is -1.60. The Balaban J connectivity index is 1.97. The Kier molecular flexibility index (Phi) is 4.12. The van der Waals surface area contributed by atoms with E-state index >= 15 is 0 Å². The van der Waals surface area contributed by atoms with Gasteiger partial charge in [-0.15, -0.1) is 0 Å². The lowest BCUT2D eigenvalue weighted by atomic mass is 9.79. The maximum absolute atomic E-state index is 3.50. The molecule has 1 aliphatic rings. The van der Waals surface area contributed by atoms with Gasteiger partial charge < -0.3 is 5.32 Å². The molecule has 0 aromatic heterocycles. The fourth-order valence-electron chi connectivity index (χ4n) is 3.32. The molecule has 0 bridgehead atoms. The van der Waals surface area contributed by atoms with Crippen LogP contribution in [0, 0.1) is 13.8 Å². The Bertz CT molecular complexity index is 625. The van der Waals surface area contributed by atoms with Crippen molar-refractivity contribution in [1.29, 1.82) is 0 Å². The zero-order valence-corrected chi connectivity index (χ0v) is 13.3. The summed E-state index contributed by atoms with van der Waals surface area (Å²) in [5.74, 6) is 0.793. The molecule has 0 amide bonds. The first-order chi connectivity index (χ1) is 10.2. The number of hydrogen-bond acceptors (Lipinski definition) is 1. The van der Waals surface area contributed by atoms with Crippen LogP contribution in [0.1, 0.15) is 59.0 Å². The molecule has 2 aromatic rings. The molecular formula is C20H25N. The number of benzene rings is 2. The van der Waals surface area contributed by atoms with Gasteiger partial charge >= 0.3 is 0 Å². The molecule has 0 saturated heterocycles. The van der Waals surface area contributed by atoms with E-state index in [0.29, 0.717) is 0 Å². The van der Waals surface area contributed by atoms with Gasteiger partial charge in [-0.3, -0.25) is 0 Å². The van der Waals surface area contributed by atoms with E-state index < -0.39 is 0 Å². The highest BCUT2D eigenvalue weighted by molar-refractivity contribution is 5.42. The SMILES string of the molecule is CNC(c1cccc(C2CCC2)c1)c1cccc(C)c1C. The Morgan fingerprint density at radius 1 is 1.05 bits per heavy atom. The van der Waals surface area contributed by atoms with Crippen LogP contribution in [0.2, 0.25) is 0 Å². The Morgan fingerprint density at radius 2 is 1.81 bits per heavy atom. The van der Waals surface area contributed by atoms with Crippen molar-refractivity contribution >= 4 is 0 Å². The maximum atomic E-state index is 3.50. The summed E-state index contributed by atoms with van der Waals surface area (Å²) < 4.78 is 0. The highest BCUT2D eigenvalue weighted by atomic mass is 14.9.